The number of hydrogen-bond acceptors (Lipinski definition) is 4. The maximum absolute atomic E-state index is 12.7. The van der Waals surface area contributed by atoms with Gasteiger partial charge in [-0.3, -0.25) is 10.1 Å². The van der Waals surface area contributed by atoms with Gasteiger partial charge in [-0.15, -0.1) is 0 Å². The van der Waals surface area contributed by atoms with Gasteiger partial charge in [-0.2, -0.15) is 0 Å². The van der Waals surface area contributed by atoms with Gasteiger partial charge in [0.1, 0.15) is 11.6 Å². The lowest BCUT2D eigenvalue weighted by molar-refractivity contribution is -0.384. The van der Waals surface area contributed by atoms with Gasteiger partial charge in [-0.05, 0) is 30.3 Å². The Morgan fingerprint density at radius 3 is 2.39 bits per heavy atom. The average molecular weight is 248 g/mol. The van der Waals surface area contributed by atoms with Gasteiger partial charge in [0.25, 0.3) is 5.69 Å². The highest BCUT2D eigenvalue weighted by Crippen LogP contribution is 2.30. The molecule has 0 radical (unpaired) electrons. The number of nitrogen functional groups attached to an aromatic ring is 1. The zero-order chi connectivity index (χ0) is 13.1. The summed E-state index contributed by atoms with van der Waals surface area (Å²) in [5.41, 5.74) is 5.67. The van der Waals surface area contributed by atoms with Crippen LogP contribution in [0.4, 0.5) is 15.8 Å². The van der Waals surface area contributed by atoms with Crippen LogP contribution < -0.4 is 10.5 Å². The fraction of sp³-hybridized carbons (Fsp3) is 0. The van der Waals surface area contributed by atoms with E-state index in [0.717, 1.165) is 0 Å². The van der Waals surface area contributed by atoms with Crippen LogP contribution in [0.2, 0.25) is 0 Å². The molecule has 0 aliphatic heterocycles. The van der Waals surface area contributed by atoms with Gasteiger partial charge in [0.2, 0.25) is 0 Å². The zero-order valence-electron chi connectivity index (χ0n) is 9.17. The van der Waals surface area contributed by atoms with E-state index in [2.05, 4.69) is 0 Å². The Bertz CT molecular complexity index is 584. The molecule has 0 saturated carbocycles. The number of non-ortho nitro benzene ring substituents is 1. The number of anilines is 1. The largest absolute Gasteiger partial charge is 0.455 e. The van der Waals surface area contributed by atoms with Crippen molar-refractivity contribution in [3.63, 3.8) is 0 Å². The first-order valence-corrected chi connectivity index (χ1v) is 5.03. The molecule has 2 aromatic rings. The van der Waals surface area contributed by atoms with Crippen LogP contribution in [0, 0.1) is 15.9 Å². The molecule has 0 saturated heterocycles. The SMILES string of the molecule is Nc1cc([N+](=O)[O-])ccc1Oc1ccc(F)cc1. The Morgan fingerprint density at radius 1 is 1.17 bits per heavy atom. The summed E-state index contributed by atoms with van der Waals surface area (Å²) in [5, 5.41) is 10.5. The molecule has 2 aromatic carbocycles. The Morgan fingerprint density at radius 2 is 1.83 bits per heavy atom. The summed E-state index contributed by atoms with van der Waals surface area (Å²) >= 11 is 0. The number of hydrogen-bond donors (Lipinski definition) is 1. The van der Waals surface area contributed by atoms with Gasteiger partial charge in [0.05, 0.1) is 10.6 Å². The Kier molecular flexibility index (Phi) is 3.09. The standard InChI is InChI=1S/C12H9FN2O3/c13-8-1-4-10(5-2-8)18-12-6-3-9(15(16)17)7-11(12)14/h1-7H,14H2. The number of benzene rings is 2. The summed E-state index contributed by atoms with van der Waals surface area (Å²) in [5.74, 6) is 0.309. The topological polar surface area (TPSA) is 78.4 Å². The monoisotopic (exact) mass is 248 g/mol. The number of nitrogens with two attached hydrogens (primary N) is 1. The number of rotatable bonds is 3. The summed E-state index contributed by atoms with van der Waals surface area (Å²) in [4.78, 5) is 9.98. The van der Waals surface area contributed by atoms with Crippen molar-refractivity contribution in [1.29, 1.82) is 0 Å². The molecule has 5 nitrogen and oxygen atoms in total. The third-order valence-corrected chi connectivity index (χ3v) is 2.25. The fourth-order valence-electron chi connectivity index (χ4n) is 1.37. The first-order valence-electron chi connectivity index (χ1n) is 5.03. The summed E-state index contributed by atoms with van der Waals surface area (Å²) < 4.78 is 18.1. The minimum absolute atomic E-state index is 0.112. The third kappa shape index (κ3) is 2.54. The lowest BCUT2D eigenvalue weighted by Gasteiger charge is -2.07. The number of nitrogens with zero attached hydrogens (tertiary/aromatic N) is 1. The molecule has 92 valence electrons. The van der Waals surface area contributed by atoms with Gasteiger partial charge >= 0.3 is 0 Å². The Labute approximate surface area is 102 Å². The first-order chi connectivity index (χ1) is 8.56. The van der Waals surface area contributed by atoms with Crippen molar-refractivity contribution >= 4 is 11.4 Å². The normalized spacial score (nSPS) is 10.1. The molecule has 0 fully saturated rings. The van der Waals surface area contributed by atoms with E-state index in [0.29, 0.717) is 5.75 Å². The van der Waals surface area contributed by atoms with E-state index >= 15 is 0 Å². The zero-order valence-corrected chi connectivity index (χ0v) is 9.17. The highest BCUT2D eigenvalue weighted by Gasteiger charge is 2.10. The Hall–Kier alpha value is -2.63. The molecule has 18 heavy (non-hydrogen) atoms. The molecular weight excluding hydrogens is 239 g/mol. The number of ether oxygens (including phenoxy) is 1. The molecule has 0 unspecified atom stereocenters. The van der Waals surface area contributed by atoms with Crippen molar-refractivity contribution < 1.29 is 14.1 Å². The van der Waals surface area contributed by atoms with Crippen molar-refractivity contribution in [2.24, 2.45) is 0 Å². The van der Waals surface area contributed by atoms with Crippen LogP contribution >= 0.6 is 0 Å². The van der Waals surface area contributed by atoms with Gasteiger partial charge in [0.15, 0.2) is 5.75 Å². The molecule has 2 N–H and O–H groups in total. The predicted octanol–water partition coefficient (Wildman–Crippen LogP) is 3.11. The summed E-state index contributed by atoms with van der Waals surface area (Å²) in [6.07, 6.45) is 0. The van der Waals surface area contributed by atoms with Crippen molar-refractivity contribution in [3.05, 3.63) is 58.4 Å². The van der Waals surface area contributed by atoms with Crippen molar-refractivity contribution in [1.82, 2.24) is 0 Å². The van der Waals surface area contributed by atoms with Crippen LogP contribution in [-0.4, -0.2) is 4.92 Å². The highest BCUT2D eigenvalue weighted by atomic mass is 19.1. The second-order valence-corrected chi connectivity index (χ2v) is 3.54. The van der Waals surface area contributed by atoms with E-state index in [9.17, 15) is 14.5 Å². The predicted molar refractivity (Wildman–Crippen MR) is 64.0 cm³/mol. The van der Waals surface area contributed by atoms with Crippen LogP contribution in [0.15, 0.2) is 42.5 Å². The van der Waals surface area contributed by atoms with Crippen LogP contribution in [0.5, 0.6) is 11.5 Å². The van der Waals surface area contributed by atoms with E-state index in [1.54, 1.807) is 0 Å². The van der Waals surface area contributed by atoms with E-state index in [4.69, 9.17) is 10.5 Å². The molecule has 0 amide bonds. The lowest BCUT2D eigenvalue weighted by atomic mass is 10.2. The van der Waals surface area contributed by atoms with Gasteiger partial charge in [-0.25, -0.2) is 4.39 Å². The molecule has 0 aliphatic carbocycles. The maximum atomic E-state index is 12.7. The summed E-state index contributed by atoms with van der Waals surface area (Å²) in [7, 11) is 0. The second kappa shape index (κ2) is 4.70. The number of nitro benzene ring substituents is 1. The van der Waals surface area contributed by atoms with Crippen molar-refractivity contribution in [3.8, 4) is 11.5 Å². The first kappa shape index (κ1) is 11.8. The molecule has 0 bridgehead atoms. The molecule has 0 heterocycles. The van der Waals surface area contributed by atoms with E-state index in [-0.39, 0.29) is 22.9 Å². The molecule has 0 aromatic heterocycles. The summed E-state index contributed by atoms with van der Waals surface area (Å²) in [6, 6.07) is 9.27. The Balaban J connectivity index is 2.24. The third-order valence-electron chi connectivity index (χ3n) is 2.25. The van der Waals surface area contributed by atoms with E-state index < -0.39 is 4.92 Å². The van der Waals surface area contributed by atoms with Gasteiger partial charge in [0, 0.05) is 12.1 Å². The molecule has 0 atom stereocenters. The van der Waals surface area contributed by atoms with Crippen molar-refractivity contribution in [2.45, 2.75) is 0 Å². The van der Waals surface area contributed by atoms with Crippen LogP contribution in [0.3, 0.4) is 0 Å². The molecular formula is C12H9FN2O3. The average Bonchev–Trinajstić information content (AvgIpc) is 2.34. The molecule has 0 spiro atoms. The maximum Gasteiger partial charge on any atom is 0.271 e. The van der Waals surface area contributed by atoms with Crippen LogP contribution in [0.25, 0.3) is 0 Å². The minimum atomic E-state index is -0.544. The van der Waals surface area contributed by atoms with Gasteiger partial charge < -0.3 is 10.5 Å². The van der Waals surface area contributed by atoms with Crippen LogP contribution in [0.1, 0.15) is 0 Å². The second-order valence-electron chi connectivity index (χ2n) is 3.54. The van der Waals surface area contributed by atoms with E-state index in [1.165, 1.54) is 42.5 Å². The fourth-order valence-corrected chi connectivity index (χ4v) is 1.37. The molecule has 2 rings (SSSR count). The highest BCUT2D eigenvalue weighted by molar-refractivity contribution is 5.59. The number of halogens is 1. The van der Waals surface area contributed by atoms with Crippen molar-refractivity contribution in [2.75, 3.05) is 5.73 Å². The lowest BCUT2D eigenvalue weighted by Crippen LogP contribution is -1.95. The summed E-state index contributed by atoms with van der Waals surface area (Å²) in [6.45, 7) is 0. The molecule has 0 aliphatic rings. The molecule has 6 heteroatoms. The quantitative estimate of drug-likeness (QED) is 0.514. The smallest absolute Gasteiger partial charge is 0.271 e. The van der Waals surface area contributed by atoms with E-state index in [1.807, 2.05) is 0 Å². The minimum Gasteiger partial charge on any atom is -0.455 e. The van der Waals surface area contributed by atoms with Crippen LogP contribution in [-0.2, 0) is 0 Å². The van der Waals surface area contributed by atoms with Gasteiger partial charge in [-0.1, -0.05) is 0 Å². The number of nitro groups is 1.